The molecule has 0 bridgehead atoms. The molecule has 1 aromatic rings. The number of hydrogen-bond acceptors (Lipinski definition) is 3. The summed E-state index contributed by atoms with van der Waals surface area (Å²) >= 11 is 5.79. The molecule has 0 fully saturated rings. The molecule has 0 amide bonds. The predicted molar refractivity (Wildman–Crippen MR) is 57.0 cm³/mol. The van der Waals surface area contributed by atoms with Gasteiger partial charge < -0.3 is 10.5 Å². The first-order valence-corrected chi connectivity index (χ1v) is 4.66. The smallest absolute Gasteiger partial charge is 0.165 e. The highest BCUT2D eigenvalue weighted by atomic mass is 35.5. The number of ketones is 1. The van der Waals surface area contributed by atoms with Crippen LogP contribution in [-0.2, 0) is 0 Å². The third-order valence-corrected chi connectivity index (χ3v) is 1.97. The summed E-state index contributed by atoms with van der Waals surface area (Å²) in [4.78, 5) is 11.3. The molecule has 0 aromatic heterocycles. The van der Waals surface area contributed by atoms with Gasteiger partial charge in [-0.25, -0.2) is 0 Å². The van der Waals surface area contributed by atoms with E-state index in [1.54, 1.807) is 12.1 Å². The fourth-order valence-corrected chi connectivity index (χ4v) is 1.46. The average molecular weight is 214 g/mol. The largest absolute Gasteiger partial charge is 0.493 e. The summed E-state index contributed by atoms with van der Waals surface area (Å²) in [6.45, 7) is 3.75. The zero-order chi connectivity index (χ0) is 10.7. The highest BCUT2D eigenvalue weighted by molar-refractivity contribution is 6.31. The number of ether oxygens (including phenoxy) is 1. The molecular weight excluding hydrogens is 202 g/mol. The predicted octanol–water partition coefficient (Wildman–Crippen LogP) is 2.52. The van der Waals surface area contributed by atoms with Crippen molar-refractivity contribution in [1.82, 2.24) is 0 Å². The maximum atomic E-state index is 11.3. The molecule has 0 spiro atoms. The van der Waals surface area contributed by atoms with E-state index in [4.69, 9.17) is 22.1 Å². The molecule has 0 unspecified atom stereocenters. The fraction of sp³-hybridized carbons (Fsp3) is 0.300. The molecule has 0 atom stereocenters. The molecule has 0 saturated carbocycles. The van der Waals surface area contributed by atoms with Crippen molar-refractivity contribution >= 4 is 23.1 Å². The Morgan fingerprint density at radius 1 is 1.57 bits per heavy atom. The minimum absolute atomic E-state index is 0.123. The molecule has 1 rings (SSSR count). The topological polar surface area (TPSA) is 52.3 Å². The first-order valence-electron chi connectivity index (χ1n) is 4.29. The second-order valence-electron chi connectivity index (χ2n) is 2.86. The molecule has 0 aliphatic rings. The lowest BCUT2D eigenvalue weighted by molar-refractivity contribution is 0.101. The number of halogens is 1. The van der Waals surface area contributed by atoms with Gasteiger partial charge in [0.1, 0.15) is 5.75 Å². The Morgan fingerprint density at radius 3 is 2.71 bits per heavy atom. The van der Waals surface area contributed by atoms with Gasteiger partial charge in [-0.3, -0.25) is 4.79 Å². The SMILES string of the molecule is CCOc1cc(Cl)cc(N)c1C(C)=O. The minimum Gasteiger partial charge on any atom is -0.493 e. The van der Waals surface area contributed by atoms with E-state index >= 15 is 0 Å². The zero-order valence-corrected chi connectivity index (χ0v) is 8.89. The molecule has 0 aliphatic carbocycles. The summed E-state index contributed by atoms with van der Waals surface area (Å²) in [5.74, 6) is 0.326. The van der Waals surface area contributed by atoms with Gasteiger partial charge in [0.05, 0.1) is 12.2 Å². The summed E-state index contributed by atoms with van der Waals surface area (Å²) < 4.78 is 5.27. The van der Waals surface area contributed by atoms with E-state index in [9.17, 15) is 4.79 Å². The van der Waals surface area contributed by atoms with Gasteiger partial charge in [0.15, 0.2) is 5.78 Å². The summed E-state index contributed by atoms with van der Waals surface area (Å²) in [6, 6.07) is 3.14. The number of Topliss-reactive ketones (excluding diaryl/α,β-unsaturated/α-hetero) is 1. The average Bonchev–Trinajstić information content (AvgIpc) is 2.01. The van der Waals surface area contributed by atoms with Gasteiger partial charge in [-0.2, -0.15) is 0 Å². The number of nitrogen functional groups attached to an aromatic ring is 1. The zero-order valence-electron chi connectivity index (χ0n) is 8.13. The standard InChI is InChI=1S/C10H12ClNO2/c1-3-14-9-5-7(11)4-8(12)10(9)6(2)13/h4-5H,3,12H2,1-2H3. The van der Waals surface area contributed by atoms with Crippen LogP contribution >= 0.6 is 11.6 Å². The lowest BCUT2D eigenvalue weighted by Crippen LogP contribution is -2.04. The van der Waals surface area contributed by atoms with Crippen LogP contribution in [0.15, 0.2) is 12.1 Å². The maximum Gasteiger partial charge on any atom is 0.165 e. The number of hydrogen-bond donors (Lipinski definition) is 1. The van der Waals surface area contributed by atoms with Gasteiger partial charge >= 0.3 is 0 Å². The minimum atomic E-state index is -0.123. The molecule has 0 aliphatic heterocycles. The summed E-state index contributed by atoms with van der Waals surface area (Å²) in [6.07, 6.45) is 0. The number of rotatable bonds is 3. The number of benzene rings is 1. The second-order valence-corrected chi connectivity index (χ2v) is 3.29. The molecule has 76 valence electrons. The molecule has 4 heteroatoms. The van der Waals surface area contributed by atoms with Crippen LogP contribution in [0.25, 0.3) is 0 Å². The van der Waals surface area contributed by atoms with Gasteiger partial charge in [0.2, 0.25) is 0 Å². The van der Waals surface area contributed by atoms with E-state index in [2.05, 4.69) is 0 Å². The Hall–Kier alpha value is -1.22. The van der Waals surface area contributed by atoms with Crippen molar-refractivity contribution in [3.63, 3.8) is 0 Å². The van der Waals surface area contributed by atoms with E-state index in [1.807, 2.05) is 6.92 Å². The van der Waals surface area contributed by atoms with Crippen molar-refractivity contribution < 1.29 is 9.53 Å². The van der Waals surface area contributed by atoms with E-state index in [0.717, 1.165) is 0 Å². The molecule has 0 heterocycles. The molecule has 0 saturated heterocycles. The van der Waals surface area contributed by atoms with E-state index < -0.39 is 0 Å². The normalized spacial score (nSPS) is 9.93. The van der Waals surface area contributed by atoms with Crippen molar-refractivity contribution in [2.24, 2.45) is 0 Å². The third-order valence-electron chi connectivity index (χ3n) is 1.75. The van der Waals surface area contributed by atoms with Crippen LogP contribution in [0.1, 0.15) is 24.2 Å². The third kappa shape index (κ3) is 2.17. The molecule has 14 heavy (non-hydrogen) atoms. The molecule has 3 nitrogen and oxygen atoms in total. The van der Waals surface area contributed by atoms with Crippen LogP contribution in [0.5, 0.6) is 5.75 Å². The Kier molecular flexibility index (Phi) is 3.36. The summed E-state index contributed by atoms with van der Waals surface area (Å²) in [5, 5.41) is 0.468. The van der Waals surface area contributed by atoms with Crippen LogP contribution in [0.4, 0.5) is 5.69 Å². The van der Waals surface area contributed by atoms with Crippen LogP contribution in [-0.4, -0.2) is 12.4 Å². The van der Waals surface area contributed by atoms with Crippen molar-refractivity contribution in [1.29, 1.82) is 0 Å². The van der Waals surface area contributed by atoms with Gasteiger partial charge in [0, 0.05) is 10.7 Å². The van der Waals surface area contributed by atoms with Gasteiger partial charge in [-0.05, 0) is 26.0 Å². The highest BCUT2D eigenvalue weighted by Gasteiger charge is 2.13. The van der Waals surface area contributed by atoms with Crippen LogP contribution in [0, 0.1) is 0 Å². The first kappa shape index (κ1) is 10.9. The van der Waals surface area contributed by atoms with Gasteiger partial charge in [0.25, 0.3) is 0 Å². The molecular formula is C10H12ClNO2. The molecule has 0 radical (unpaired) electrons. The van der Waals surface area contributed by atoms with Gasteiger partial charge in [-0.15, -0.1) is 0 Å². The fourth-order valence-electron chi connectivity index (χ4n) is 1.25. The maximum absolute atomic E-state index is 11.3. The van der Waals surface area contributed by atoms with Crippen LogP contribution in [0.3, 0.4) is 0 Å². The van der Waals surface area contributed by atoms with E-state index in [1.165, 1.54) is 6.92 Å². The van der Waals surface area contributed by atoms with E-state index in [-0.39, 0.29) is 5.78 Å². The molecule has 1 aromatic carbocycles. The van der Waals surface area contributed by atoms with Crippen LogP contribution in [0.2, 0.25) is 5.02 Å². The van der Waals surface area contributed by atoms with Crippen molar-refractivity contribution in [3.05, 3.63) is 22.7 Å². The van der Waals surface area contributed by atoms with Crippen molar-refractivity contribution in [3.8, 4) is 5.75 Å². The lowest BCUT2D eigenvalue weighted by atomic mass is 10.1. The second kappa shape index (κ2) is 4.33. The summed E-state index contributed by atoms with van der Waals surface area (Å²) in [7, 11) is 0. The van der Waals surface area contributed by atoms with Crippen molar-refractivity contribution in [2.75, 3.05) is 12.3 Å². The monoisotopic (exact) mass is 213 g/mol. The number of nitrogens with two attached hydrogens (primary N) is 1. The van der Waals surface area contributed by atoms with Crippen molar-refractivity contribution in [2.45, 2.75) is 13.8 Å². The summed E-state index contributed by atoms with van der Waals surface area (Å²) in [5.41, 5.74) is 6.42. The number of carbonyl (C=O) groups is 1. The van der Waals surface area contributed by atoms with E-state index in [0.29, 0.717) is 28.6 Å². The molecule has 2 N–H and O–H groups in total. The quantitative estimate of drug-likeness (QED) is 0.620. The highest BCUT2D eigenvalue weighted by Crippen LogP contribution is 2.29. The number of anilines is 1. The van der Waals surface area contributed by atoms with Gasteiger partial charge in [-0.1, -0.05) is 11.6 Å². The Labute approximate surface area is 87.8 Å². The Balaban J connectivity index is 3.28. The Morgan fingerprint density at radius 2 is 2.21 bits per heavy atom. The lowest BCUT2D eigenvalue weighted by Gasteiger charge is -2.10. The first-order chi connectivity index (χ1) is 6.56. The Bertz CT molecular complexity index is 363. The van der Waals surface area contributed by atoms with Crippen LogP contribution < -0.4 is 10.5 Å². The number of carbonyl (C=O) groups excluding carboxylic acids is 1.